The van der Waals surface area contributed by atoms with Crippen LogP contribution in [-0.2, 0) is 0 Å². The van der Waals surface area contributed by atoms with E-state index in [1.807, 2.05) is 24.5 Å². The average Bonchev–Trinajstić information content (AvgIpc) is 2.46. The van der Waals surface area contributed by atoms with Gasteiger partial charge in [-0.05, 0) is 26.0 Å². The highest BCUT2D eigenvalue weighted by atomic mass is 16.3. The van der Waals surface area contributed by atoms with Crippen LogP contribution in [0.1, 0.15) is 30.2 Å². The zero-order valence-electron chi connectivity index (χ0n) is 13.0. The van der Waals surface area contributed by atoms with Crippen molar-refractivity contribution in [1.82, 2.24) is 9.47 Å². The van der Waals surface area contributed by atoms with Crippen molar-refractivity contribution >= 4 is 22.5 Å². The number of aliphatic hydroxyl groups is 1. The molecule has 0 aliphatic rings. The largest absolute Gasteiger partial charge is 0.398 e. The molecule has 1 aromatic carbocycles. The van der Waals surface area contributed by atoms with Crippen LogP contribution in [0.2, 0.25) is 0 Å². The van der Waals surface area contributed by atoms with Crippen LogP contribution in [0, 0.1) is 0 Å². The SMILES string of the molecule is CC(C)n1cc(C(=O)N(C)CCO)c(=O)c2c(N)cccc21. The molecule has 0 unspecified atom stereocenters. The summed E-state index contributed by atoms with van der Waals surface area (Å²) in [5.74, 6) is -0.418. The lowest BCUT2D eigenvalue weighted by molar-refractivity contribution is 0.0765. The van der Waals surface area contributed by atoms with Crippen LogP contribution >= 0.6 is 0 Å². The van der Waals surface area contributed by atoms with E-state index in [1.165, 1.54) is 4.90 Å². The standard InChI is InChI=1S/C16H21N3O3/c1-10(2)19-9-11(16(22)18(3)7-8-20)15(21)14-12(17)5-4-6-13(14)19/h4-6,9-10,20H,7-8,17H2,1-3H3. The van der Waals surface area contributed by atoms with E-state index in [0.29, 0.717) is 16.6 Å². The van der Waals surface area contributed by atoms with Crippen molar-refractivity contribution in [3.05, 3.63) is 40.2 Å². The average molecular weight is 303 g/mol. The van der Waals surface area contributed by atoms with E-state index in [1.54, 1.807) is 25.4 Å². The van der Waals surface area contributed by atoms with Crippen LogP contribution in [0.25, 0.3) is 10.9 Å². The first-order chi connectivity index (χ1) is 10.4. The van der Waals surface area contributed by atoms with Gasteiger partial charge in [-0.25, -0.2) is 0 Å². The van der Waals surface area contributed by atoms with Crippen molar-refractivity contribution in [2.75, 3.05) is 25.9 Å². The lowest BCUT2D eigenvalue weighted by atomic mass is 10.1. The predicted molar refractivity (Wildman–Crippen MR) is 87.1 cm³/mol. The third-order valence-electron chi connectivity index (χ3n) is 3.66. The third kappa shape index (κ3) is 2.69. The zero-order chi connectivity index (χ0) is 16.4. The number of carbonyl (C=O) groups excluding carboxylic acids is 1. The molecular weight excluding hydrogens is 282 g/mol. The minimum Gasteiger partial charge on any atom is -0.398 e. The molecule has 0 spiro atoms. The van der Waals surface area contributed by atoms with Crippen molar-refractivity contribution in [3.8, 4) is 0 Å². The van der Waals surface area contributed by atoms with Crippen LogP contribution in [0.15, 0.2) is 29.2 Å². The molecule has 0 saturated heterocycles. The second-order valence-electron chi connectivity index (χ2n) is 5.56. The second-order valence-corrected chi connectivity index (χ2v) is 5.56. The number of anilines is 1. The number of hydrogen-bond donors (Lipinski definition) is 2. The van der Waals surface area contributed by atoms with E-state index in [2.05, 4.69) is 0 Å². The minimum absolute atomic E-state index is 0.0649. The van der Waals surface area contributed by atoms with Crippen LogP contribution in [-0.4, -0.2) is 40.7 Å². The molecule has 2 rings (SSSR count). The van der Waals surface area contributed by atoms with Crippen molar-refractivity contribution in [1.29, 1.82) is 0 Å². The van der Waals surface area contributed by atoms with Gasteiger partial charge in [-0.15, -0.1) is 0 Å². The number of rotatable bonds is 4. The first kappa shape index (κ1) is 16.0. The quantitative estimate of drug-likeness (QED) is 0.831. The van der Waals surface area contributed by atoms with Gasteiger partial charge in [0.1, 0.15) is 5.56 Å². The Hall–Kier alpha value is -2.34. The summed E-state index contributed by atoms with van der Waals surface area (Å²) in [4.78, 5) is 26.4. The lowest BCUT2D eigenvalue weighted by Crippen LogP contribution is -2.34. The van der Waals surface area contributed by atoms with Gasteiger partial charge in [0.2, 0.25) is 5.43 Å². The summed E-state index contributed by atoms with van der Waals surface area (Å²) < 4.78 is 1.87. The fourth-order valence-corrected chi connectivity index (χ4v) is 2.46. The Morgan fingerprint density at radius 1 is 1.41 bits per heavy atom. The van der Waals surface area contributed by atoms with E-state index >= 15 is 0 Å². The van der Waals surface area contributed by atoms with E-state index in [4.69, 9.17) is 10.8 Å². The summed E-state index contributed by atoms with van der Waals surface area (Å²) in [6.07, 6.45) is 1.57. The molecule has 0 aliphatic heterocycles. The van der Waals surface area contributed by atoms with Gasteiger partial charge in [0, 0.05) is 31.5 Å². The van der Waals surface area contributed by atoms with Crippen molar-refractivity contribution in [3.63, 3.8) is 0 Å². The topological polar surface area (TPSA) is 88.6 Å². The molecule has 0 bridgehead atoms. The number of aliphatic hydroxyl groups excluding tert-OH is 1. The summed E-state index contributed by atoms with van der Waals surface area (Å²) in [6, 6.07) is 5.33. The van der Waals surface area contributed by atoms with E-state index in [-0.39, 0.29) is 30.2 Å². The summed E-state index contributed by atoms with van der Waals surface area (Å²) in [5, 5.41) is 9.32. The lowest BCUT2D eigenvalue weighted by Gasteiger charge is -2.20. The number of amides is 1. The number of nitrogens with two attached hydrogens (primary N) is 1. The first-order valence-electron chi connectivity index (χ1n) is 7.18. The zero-order valence-corrected chi connectivity index (χ0v) is 13.0. The molecule has 22 heavy (non-hydrogen) atoms. The van der Waals surface area contributed by atoms with Gasteiger partial charge in [-0.2, -0.15) is 0 Å². The molecule has 6 nitrogen and oxygen atoms in total. The van der Waals surface area contributed by atoms with Gasteiger partial charge in [0.25, 0.3) is 5.91 Å². The van der Waals surface area contributed by atoms with Crippen molar-refractivity contribution < 1.29 is 9.90 Å². The molecule has 0 atom stereocenters. The highest BCUT2D eigenvalue weighted by molar-refractivity contribution is 6.00. The highest BCUT2D eigenvalue weighted by Gasteiger charge is 2.20. The highest BCUT2D eigenvalue weighted by Crippen LogP contribution is 2.21. The number of nitrogen functional groups attached to an aromatic ring is 1. The number of nitrogens with zero attached hydrogens (tertiary/aromatic N) is 2. The third-order valence-corrected chi connectivity index (χ3v) is 3.66. The Labute approximate surface area is 128 Å². The Balaban J connectivity index is 2.76. The summed E-state index contributed by atoms with van der Waals surface area (Å²) >= 11 is 0. The van der Waals surface area contributed by atoms with Gasteiger partial charge in [0.05, 0.1) is 17.5 Å². The van der Waals surface area contributed by atoms with Crippen molar-refractivity contribution in [2.45, 2.75) is 19.9 Å². The smallest absolute Gasteiger partial charge is 0.259 e. The van der Waals surface area contributed by atoms with E-state index in [0.717, 1.165) is 0 Å². The molecule has 0 aliphatic carbocycles. The number of carbonyl (C=O) groups is 1. The Kier molecular flexibility index (Phi) is 4.51. The summed E-state index contributed by atoms with van der Waals surface area (Å²) in [5.41, 5.74) is 6.71. The van der Waals surface area contributed by atoms with E-state index in [9.17, 15) is 9.59 Å². The van der Waals surface area contributed by atoms with Gasteiger partial charge >= 0.3 is 0 Å². The molecule has 1 amide bonds. The number of aromatic nitrogens is 1. The maximum atomic E-state index is 12.7. The molecule has 2 aromatic rings. The molecule has 6 heteroatoms. The van der Waals surface area contributed by atoms with Gasteiger partial charge < -0.3 is 20.3 Å². The molecule has 0 radical (unpaired) electrons. The summed E-state index contributed by atoms with van der Waals surface area (Å²) in [6.45, 7) is 3.95. The first-order valence-corrected chi connectivity index (χ1v) is 7.18. The van der Waals surface area contributed by atoms with E-state index < -0.39 is 5.91 Å². The number of benzene rings is 1. The molecule has 1 aromatic heterocycles. The monoisotopic (exact) mass is 303 g/mol. The normalized spacial score (nSPS) is 11.1. The van der Waals surface area contributed by atoms with Crippen LogP contribution in [0.5, 0.6) is 0 Å². The number of hydrogen-bond acceptors (Lipinski definition) is 4. The van der Waals surface area contributed by atoms with Gasteiger partial charge in [0.15, 0.2) is 0 Å². The fraction of sp³-hybridized carbons (Fsp3) is 0.375. The van der Waals surface area contributed by atoms with Gasteiger partial charge in [-0.1, -0.05) is 6.07 Å². The van der Waals surface area contributed by atoms with Gasteiger partial charge in [-0.3, -0.25) is 9.59 Å². The molecular formula is C16H21N3O3. The van der Waals surface area contributed by atoms with Crippen LogP contribution in [0.3, 0.4) is 0 Å². The molecule has 118 valence electrons. The summed E-state index contributed by atoms with van der Waals surface area (Å²) in [7, 11) is 1.55. The second kappa shape index (κ2) is 6.19. The predicted octanol–water partition coefficient (Wildman–Crippen LogP) is 1.23. The maximum Gasteiger partial charge on any atom is 0.259 e. The Morgan fingerprint density at radius 2 is 2.09 bits per heavy atom. The maximum absolute atomic E-state index is 12.7. The fourth-order valence-electron chi connectivity index (χ4n) is 2.46. The number of fused-ring (bicyclic) bond motifs is 1. The Morgan fingerprint density at radius 3 is 2.68 bits per heavy atom. The molecule has 0 fully saturated rings. The van der Waals surface area contributed by atoms with Crippen LogP contribution < -0.4 is 11.2 Å². The van der Waals surface area contributed by atoms with Crippen LogP contribution in [0.4, 0.5) is 5.69 Å². The number of likely N-dealkylation sites (N-methyl/N-ethyl adjacent to an activating group) is 1. The molecule has 3 N–H and O–H groups in total. The molecule has 1 heterocycles. The minimum atomic E-state index is -0.418. The number of pyridine rings is 1. The molecule has 0 saturated carbocycles. The Bertz CT molecular complexity index is 765. The van der Waals surface area contributed by atoms with Crippen molar-refractivity contribution in [2.24, 2.45) is 0 Å².